The van der Waals surface area contributed by atoms with Crippen molar-refractivity contribution in [1.29, 1.82) is 0 Å². The number of piperidine rings is 1. The third-order valence-corrected chi connectivity index (χ3v) is 4.53. The van der Waals surface area contributed by atoms with Gasteiger partial charge in [-0.05, 0) is 44.9 Å². The van der Waals surface area contributed by atoms with Gasteiger partial charge in [-0.3, -0.25) is 4.79 Å². The molecule has 0 atom stereocenters. The molecule has 1 amide bonds. The number of amides is 1. The van der Waals surface area contributed by atoms with Crippen molar-refractivity contribution in [2.45, 2.75) is 39.2 Å². The molecule has 1 aromatic heterocycles. The van der Waals surface area contributed by atoms with Gasteiger partial charge in [0.1, 0.15) is 17.9 Å². The number of rotatable bonds is 5. The molecule has 0 unspecified atom stereocenters. The lowest BCUT2D eigenvalue weighted by Gasteiger charge is -2.31. The first-order valence-corrected chi connectivity index (χ1v) is 8.62. The molecule has 24 heavy (non-hydrogen) atoms. The lowest BCUT2D eigenvalue weighted by Crippen LogP contribution is -2.38. The van der Waals surface area contributed by atoms with Crippen LogP contribution in [0.2, 0.25) is 0 Å². The van der Waals surface area contributed by atoms with Crippen molar-refractivity contribution in [3.05, 3.63) is 42.0 Å². The van der Waals surface area contributed by atoms with Gasteiger partial charge in [0.05, 0.1) is 6.61 Å². The second kappa shape index (κ2) is 7.47. The van der Waals surface area contributed by atoms with Crippen LogP contribution in [0.3, 0.4) is 0 Å². The van der Waals surface area contributed by atoms with E-state index in [-0.39, 0.29) is 5.91 Å². The Hall–Kier alpha value is -2.37. The molecular weight excluding hydrogens is 304 g/mol. The van der Waals surface area contributed by atoms with Crippen molar-refractivity contribution in [1.82, 2.24) is 19.7 Å². The number of hydrogen-bond donors (Lipinski definition) is 0. The summed E-state index contributed by atoms with van der Waals surface area (Å²) in [7, 11) is 0. The smallest absolute Gasteiger partial charge is 0.253 e. The van der Waals surface area contributed by atoms with Crippen molar-refractivity contribution in [3.63, 3.8) is 0 Å². The summed E-state index contributed by atoms with van der Waals surface area (Å²) in [6.45, 7) is 7.01. The van der Waals surface area contributed by atoms with E-state index in [0.717, 1.165) is 44.0 Å². The molecule has 3 rings (SSSR count). The van der Waals surface area contributed by atoms with E-state index < -0.39 is 0 Å². The molecular formula is C18H24N4O2. The van der Waals surface area contributed by atoms with E-state index in [4.69, 9.17) is 4.74 Å². The fourth-order valence-electron chi connectivity index (χ4n) is 3.23. The monoisotopic (exact) mass is 328 g/mol. The van der Waals surface area contributed by atoms with Gasteiger partial charge in [-0.25, -0.2) is 0 Å². The average molecular weight is 328 g/mol. The minimum atomic E-state index is 0.0759. The largest absolute Gasteiger partial charge is 0.494 e. The summed E-state index contributed by atoms with van der Waals surface area (Å²) < 4.78 is 7.58. The van der Waals surface area contributed by atoms with Crippen LogP contribution in [0.25, 0.3) is 0 Å². The molecule has 1 saturated heterocycles. The van der Waals surface area contributed by atoms with Crippen LogP contribution in [0, 0.1) is 0 Å². The minimum Gasteiger partial charge on any atom is -0.494 e. The molecule has 6 nitrogen and oxygen atoms in total. The quantitative estimate of drug-likeness (QED) is 0.847. The van der Waals surface area contributed by atoms with Crippen molar-refractivity contribution in [3.8, 4) is 5.75 Å². The van der Waals surface area contributed by atoms with Crippen LogP contribution in [0.15, 0.2) is 30.6 Å². The first-order chi connectivity index (χ1) is 11.7. The van der Waals surface area contributed by atoms with Crippen molar-refractivity contribution in [2.75, 3.05) is 19.7 Å². The first-order valence-electron chi connectivity index (χ1n) is 8.62. The van der Waals surface area contributed by atoms with E-state index in [2.05, 4.69) is 21.7 Å². The molecule has 128 valence electrons. The third kappa shape index (κ3) is 3.42. The highest BCUT2D eigenvalue weighted by Crippen LogP contribution is 2.27. The van der Waals surface area contributed by atoms with Crippen LogP contribution < -0.4 is 4.74 Å². The summed E-state index contributed by atoms with van der Waals surface area (Å²) in [5.41, 5.74) is 0.691. The molecule has 0 radical (unpaired) electrons. The number of hydrogen-bond acceptors (Lipinski definition) is 4. The summed E-state index contributed by atoms with van der Waals surface area (Å²) in [4.78, 5) is 14.6. The molecule has 2 aromatic rings. The second-order valence-electron chi connectivity index (χ2n) is 6.00. The van der Waals surface area contributed by atoms with E-state index in [9.17, 15) is 4.79 Å². The van der Waals surface area contributed by atoms with Gasteiger partial charge in [0.25, 0.3) is 5.91 Å². The third-order valence-electron chi connectivity index (χ3n) is 4.53. The van der Waals surface area contributed by atoms with Gasteiger partial charge in [0.15, 0.2) is 0 Å². The number of carbonyl (C=O) groups is 1. The molecule has 0 aliphatic carbocycles. The molecule has 1 aliphatic rings. The molecule has 1 aromatic carbocycles. The van der Waals surface area contributed by atoms with Crippen LogP contribution in [0.1, 0.15) is 48.8 Å². The van der Waals surface area contributed by atoms with Crippen molar-refractivity contribution >= 4 is 5.91 Å². The SMILES string of the molecule is CCOc1cccc(C(=O)N2CCC(c3nncn3CC)CC2)c1. The summed E-state index contributed by atoms with van der Waals surface area (Å²) in [5, 5.41) is 8.28. The predicted octanol–water partition coefficient (Wildman–Crippen LogP) is 2.72. The standard InChI is InChI=1S/C18H24N4O2/c1-3-21-13-19-20-17(21)14-8-10-22(11-9-14)18(23)15-6-5-7-16(12-15)24-4-2/h5-7,12-14H,3-4,8-11H2,1-2H3. The molecule has 0 bridgehead atoms. The lowest BCUT2D eigenvalue weighted by atomic mass is 9.95. The summed E-state index contributed by atoms with van der Waals surface area (Å²) in [6, 6.07) is 7.43. The van der Waals surface area contributed by atoms with Crippen molar-refractivity contribution < 1.29 is 9.53 Å². The van der Waals surface area contributed by atoms with Crippen LogP contribution >= 0.6 is 0 Å². The number of aryl methyl sites for hydroxylation is 1. The first kappa shape index (κ1) is 16.5. The number of likely N-dealkylation sites (tertiary alicyclic amines) is 1. The Bertz CT molecular complexity index is 690. The van der Waals surface area contributed by atoms with E-state index in [0.29, 0.717) is 18.1 Å². The van der Waals surface area contributed by atoms with Gasteiger partial charge < -0.3 is 14.2 Å². The number of aromatic nitrogens is 3. The Balaban J connectivity index is 1.64. The summed E-state index contributed by atoms with van der Waals surface area (Å²) >= 11 is 0. The van der Waals surface area contributed by atoms with Crippen LogP contribution in [0.5, 0.6) is 5.75 Å². The number of ether oxygens (including phenoxy) is 1. The number of benzene rings is 1. The summed E-state index contributed by atoms with van der Waals surface area (Å²) in [5.74, 6) is 2.25. The highest BCUT2D eigenvalue weighted by atomic mass is 16.5. The highest BCUT2D eigenvalue weighted by molar-refractivity contribution is 5.94. The Morgan fingerprint density at radius 2 is 2.08 bits per heavy atom. The zero-order valence-corrected chi connectivity index (χ0v) is 14.3. The molecule has 2 heterocycles. The van der Waals surface area contributed by atoms with Gasteiger partial charge in [0, 0.05) is 31.1 Å². The van der Waals surface area contributed by atoms with E-state index in [1.54, 1.807) is 6.33 Å². The number of carbonyl (C=O) groups excluding carboxylic acids is 1. The molecule has 0 saturated carbocycles. The normalized spacial score (nSPS) is 15.5. The number of nitrogens with zero attached hydrogens (tertiary/aromatic N) is 4. The van der Waals surface area contributed by atoms with E-state index >= 15 is 0 Å². The lowest BCUT2D eigenvalue weighted by molar-refractivity contribution is 0.0710. The second-order valence-corrected chi connectivity index (χ2v) is 6.00. The fourth-order valence-corrected chi connectivity index (χ4v) is 3.23. The molecule has 1 fully saturated rings. The summed E-state index contributed by atoms with van der Waals surface area (Å²) in [6.07, 6.45) is 3.64. The zero-order valence-electron chi connectivity index (χ0n) is 14.3. The van der Waals surface area contributed by atoms with E-state index in [1.807, 2.05) is 36.1 Å². The van der Waals surface area contributed by atoms with Gasteiger partial charge in [-0.15, -0.1) is 10.2 Å². The maximum atomic E-state index is 12.7. The molecule has 0 N–H and O–H groups in total. The minimum absolute atomic E-state index is 0.0759. The van der Waals surface area contributed by atoms with Crippen molar-refractivity contribution in [2.24, 2.45) is 0 Å². The maximum Gasteiger partial charge on any atom is 0.253 e. The van der Waals surface area contributed by atoms with Gasteiger partial charge in [-0.1, -0.05) is 6.07 Å². The van der Waals surface area contributed by atoms with E-state index in [1.165, 1.54) is 0 Å². The predicted molar refractivity (Wildman–Crippen MR) is 91.2 cm³/mol. The average Bonchev–Trinajstić information content (AvgIpc) is 3.10. The zero-order chi connectivity index (χ0) is 16.9. The molecule has 6 heteroatoms. The van der Waals surface area contributed by atoms with Crippen LogP contribution in [-0.4, -0.2) is 45.3 Å². The highest BCUT2D eigenvalue weighted by Gasteiger charge is 2.27. The van der Waals surface area contributed by atoms with Gasteiger partial charge >= 0.3 is 0 Å². The molecule has 0 spiro atoms. The Morgan fingerprint density at radius 3 is 2.79 bits per heavy atom. The van der Waals surface area contributed by atoms with Gasteiger partial charge in [-0.2, -0.15) is 0 Å². The van der Waals surface area contributed by atoms with Crippen LogP contribution in [0.4, 0.5) is 0 Å². The molecule has 1 aliphatic heterocycles. The topological polar surface area (TPSA) is 60.2 Å². The Morgan fingerprint density at radius 1 is 1.29 bits per heavy atom. The Labute approximate surface area is 142 Å². The van der Waals surface area contributed by atoms with Crippen LogP contribution in [-0.2, 0) is 6.54 Å². The maximum absolute atomic E-state index is 12.7. The Kier molecular flexibility index (Phi) is 5.13. The van der Waals surface area contributed by atoms with Gasteiger partial charge in [0.2, 0.25) is 0 Å². The fraction of sp³-hybridized carbons (Fsp3) is 0.500.